The number of hydrogen-bond acceptors (Lipinski definition) is 2. The van der Waals surface area contributed by atoms with E-state index in [1.165, 1.54) is 0 Å². The van der Waals surface area contributed by atoms with Crippen LogP contribution in [0.1, 0.15) is 26.2 Å². The number of carbonyl (C=O) groups is 2. The predicted octanol–water partition coefficient (Wildman–Crippen LogP) is 1.93. The number of rotatable bonds is 8. The fourth-order valence-corrected chi connectivity index (χ4v) is 1.25. The van der Waals surface area contributed by atoms with Gasteiger partial charge in [-0.25, -0.2) is 4.79 Å². The van der Waals surface area contributed by atoms with Gasteiger partial charge in [0.1, 0.15) is 0 Å². The van der Waals surface area contributed by atoms with Crippen molar-refractivity contribution in [2.45, 2.75) is 26.2 Å². The molecule has 0 aromatic carbocycles. The van der Waals surface area contributed by atoms with Gasteiger partial charge in [0.05, 0.1) is 6.54 Å². The smallest absolute Gasteiger partial charge is 0.315 e. The minimum atomic E-state index is -0.789. The predicted molar refractivity (Wildman–Crippen MR) is 67.0 cm³/mol. The lowest BCUT2D eigenvalue weighted by Gasteiger charge is -2.11. The summed E-state index contributed by atoms with van der Waals surface area (Å²) in [5.74, 6) is -0.516. The Morgan fingerprint density at radius 3 is 2.53 bits per heavy atom. The molecule has 0 aliphatic heterocycles. The molecule has 0 aliphatic carbocycles. The maximum atomic E-state index is 11.2. The molecule has 1 atom stereocenters. The van der Waals surface area contributed by atoms with E-state index in [1.54, 1.807) is 0 Å². The van der Waals surface area contributed by atoms with Gasteiger partial charge in [-0.15, -0.1) is 0 Å². The van der Waals surface area contributed by atoms with Crippen molar-refractivity contribution in [3.8, 4) is 0 Å². The molecule has 0 aromatic rings. The summed E-state index contributed by atoms with van der Waals surface area (Å²) in [6.07, 6.45) is 1.54. The lowest BCUT2D eigenvalue weighted by molar-refractivity contribution is -0.137. The first kappa shape index (κ1) is 15.8. The molecule has 0 rings (SSSR count). The van der Waals surface area contributed by atoms with Gasteiger partial charge >= 0.3 is 12.0 Å². The van der Waals surface area contributed by atoms with Crippen molar-refractivity contribution in [2.75, 3.05) is 13.1 Å². The second kappa shape index (κ2) is 8.87. The van der Waals surface area contributed by atoms with E-state index in [0.717, 1.165) is 6.42 Å². The highest BCUT2D eigenvalue weighted by Gasteiger charge is 2.06. The molecular weight excluding hydrogens is 244 g/mol. The number of carboxylic acid groups (broad SMARTS) is 1. The Bertz CT molecular complexity index is 282. The fraction of sp³-hybridized carbons (Fsp3) is 0.636. The van der Waals surface area contributed by atoms with Crippen LogP contribution in [0, 0.1) is 5.92 Å². The highest BCUT2D eigenvalue weighted by atomic mass is 35.5. The van der Waals surface area contributed by atoms with Crippen molar-refractivity contribution in [1.29, 1.82) is 0 Å². The third kappa shape index (κ3) is 11.0. The van der Waals surface area contributed by atoms with Crippen molar-refractivity contribution >= 4 is 23.6 Å². The molecule has 0 heterocycles. The van der Waals surface area contributed by atoms with E-state index in [9.17, 15) is 9.59 Å². The van der Waals surface area contributed by atoms with Gasteiger partial charge in [-0.1, -0.05) is 25.1 Å². The largest absolute Gasteiger partial charge is 0.481 e. The molecule has 0 radical (unpaired) electrons. The number of aliphatic carboxylic acids is 1. The molecule has 3 N–H and O–H groups in total. The molecule has 98 valence electrons. The second-order valence-corrected chi connectivity index (χ2v) is 4.49. The summed E-state index contributed by atoms with van der Waals surface area (Å²) in [6.45, 7) is 6.16. The van der Waals surface area contributed by atoms with Crippen molar-refractivity contribution in [1.82, 2.24) is 10.6 Å². The zero-order valence-electron chi connectivity index (χ0n) is 9.96. The van der Waals surface area contributed by atoms with Gasteiger partial charge in [0.25, 0.3) is 0 Å². The van der Waals surface area contributed by atoms with Gasteiger partial charge in [-0.05, 0) is 18.8 Å². The molecule has 0 saturated heterocycles. The topological polar surface area (TPSA) is 78.4 Å². The average molecular weight is 263 g/mol. The first-order valence-corrected chi connectivity index (χ1v) is 5.86. The van der Waals surface area contributed by atoms with Crippen LogP contribution in [-0.4, -0.2) is 30.2 Å². The summed E-state index contributed by atoms with van der Waals surface area (Å²) in [6, 6.07) is -0.294. The zero-order chi connectivity index (χ0) is 13.3. The summed E-state index contributed by atoms with van der Waals surface area (Å²) in [7, 11) is 0. The zero-order valence-corrected chi connectivity index (χ0v) is 10.7. The second-order valence-electron chi connectivity index (χ2n) is 3.95. The van der Waals surface area contributed by atoms with Crippen LogP contribution in [0.5, 0.6) is 0 Å². The molecule has 17 heavy (non-hydrogen) atoms. The standard InChI is InChI=1S/C11H19ClN2O3/c1-8(3-4-10(15)16)5-6-13-11(17)14-7-9(2)12/h8H,2-7H2,1H3,(H,15,16)(H2,13,14,17). The highest BCUT2D eigenvalue weighted by molar-refractivity contribution is 6.29. The van der Waals surface area contributed by atoms with Crippen LogP contribution in [0.2, 0.25) is 0 Å². The third-order valence-corrected chi connectivity index (χ3v) is 2.35. The molecule has 5 nitrogen and oxygen atoms in total. The fourth-order valence-electron chi connectivity index (χ4n) is 1.18. The van der Waals surface area contributed by atoms with Crippen LogP contribution in [0.3, 0.4) is 0 Å². The summed E-state index contributed by atoms with van der Waals surface area (Å²) in [5.41, 5.74) is 0. The van der Waals surface area contributed by atoms with E-state index in [0.29, 0.717) is 18.0 Å². The van der Waals surface area contributed by atoms with Crippen molar-refractivity contribution in [2.24, 2.45) is 5.92 Å². The Morgan fingerprint density at radius 2 is 2.00 bits per heavy atom. The quantitative estimate of drug-likeness (QED) is 0.625. The highest BCUT2D eigenvalue weighted by Crippen LogP contribution is 2.08. The van der Waals surface area contributed by atoms with Crippen LogP contribution in [0.15, 0.2) is 11.6 Å². The SMILES string of the molecule is C=C(Cl)CNC(=O)NCCC(C)CCC(=O)O. The molecule has 6 heteroatoms. The molecule has 1 unspecified atom stereocenters. The summed E-state index contributed by atoms with van der Waals surface area (Å²) in [5, 5.41) is 14.1. The Morgan fingerprint density at radius 1 is 1.35 bits per heavy atom. The number of halogens is 1. The first-order chi connectivity index (χ1) is 7.91. The molecule has 0 aliphatic rings. The van der Waals surface area contributed by atoms with Crippen molar-refractivity contribution < 1.29 is 14.7 Å². The number of nitrogens with one attached hydrogen (secondary N) is 2. The van der Waals surface area contributed by atoms with Gasteiger partial charge in [0, 0.05) is 18.0 Å². The van der Waals surface area contributed by atoms with Crippen LogP contribution in [0.4, 0.5) is 4.79 Å². The van der Waals surface area contributed by atoms with E-state index in [4.69, 9.17) is 16.7 Å². The van der Waals surface area contributed by atoms with E-state index < -0.39 is 5.97 Å². The van der Waals surface area contributed by atoms with Gasteiger partial charge in [-0.3, -0.25) is 4.79 Å². The van der Waals surface area contributed by atoms with Gasteiger partial charge < -0.3 is 15.7 Å². The molecule has 2 amide bonds. The van der Waals surface area contributed by atoms with E-state index >= 15 is 0 Å². The van der Waals surface area contributed by atoms with Gasteiger partial charge in [0.2, 0.25) is 0 Å². The molecule has 0 spiro atoms. The summed E-state index contributed by atoms with van der Waals surface area (Å²) in [4.78, 5) is 21.5. The number of carbonyl (C=O) groups excluding carboxylic acids is 1. The third-order valence-electron chi connectivity index (χ3n) is 2.21. The Balaban J connectivity index is 3.51. The minimum absolute atomic E-state index is 0.166. The number of carboxylic acids is 1. The number of hydrogen-bond donors (Lipinski definition) is 3. The van der Waals surface area contributed by atoms with Crippen LogP contribution in [-0.2, 0) is 4.79 Å². The van der Waals surface area contributed by atoms with E-state index in [1.807, 2.05) is 6.92 Å². The Hall–Kier alpha value is -1.23. The summed E-state index contributed by atoms with van der Waals surface area (Å²) >= 11 is 5.48. The van der Waals surface area contributed by atoms with Crippen molar-refractivity contribution in [3.63, 3.8) is 0 Å². The summed E-state index contributed by atoms with van der Waals surface area (Å²) < 4.78 is 0. The monoisotopic (exact) mass is 262 g/mol. The molecule has 0 aromatic heterocycles. The number of amides is 2. The average Bonchev–Trinajstić information content (AvgIpc) is 2.23. The lowest BCUT2D eigenvalue weighted by Crippen LogP contribution is -2.37. The van der Waals surface area contributed by atoms with E-state index in [-0.39, 0.29) is 24.9 Å². The number of urea groups is 1. The van der Waals surface area contributed by atoms with Crippen molar-refractivity contribution in [3.05, 3.63) is 11.6 Å². The lowest BCUT2D eigenvalue weighted by atomic mass is 10.0. The van der Waals surface area contributed by atoms with Gasteiger partial charge in [-0.2, -0.15) is 0 Å². The van der Waals surface area contributed by atoms with Crippen LogP contribution < -0.4 is 10.6 Å². The maximum Gasteiger partial charge on any atom is 0.315 e. The van der Waals surface area contributed by atoms with Crippen LogP contribution in [0.25, 0.3) is 0 Å². The Labute approximate surface area is 106 Å². The Kier molecular flexibility index (Phi) is 8.23. The van der Waals surface area contributed by atoms with Gasteiger partial charge in [0.15, 0.2) is 0 Å². The first-order valence-electron chi connectivity index (χ1n) is 5.48. The molecule has 0 bridgehead atoms. The maximum absolute atomic E-state index is 11.2. The van der Waals surface area contributed by atoms with E-state index in [2.05, 4.69) is 17.2 Å². The van der Waals surface area contributed by atoms with Crippen LogP contribution >= 0.6 is 11.6 Å². The molecule has 0 fully saturated rings. The normalized spacial score (nSPS) is 11.6. The molecular formula is C11H19ClN2O3. The minimum Gasteiger partial charge on any atom is -0.481 e. The molecule has 0 saturated carbocycles.